The van der Waals surface area contributed by atoms with Crippen molar-refractivity contribution in [3.63, 3.8) is 0 Å². The lowest BCUT2D eigenvalue weighted by atomic mass is 10.0. The molecule has 1 fully saturated rings. The van der Waals surface area contributed by atoms with Gasteiger partial charge in [0.25, 0.3) is 0 Å². The number of pyridine rings is 1. The van der Waals surface area contributed by atoms with Crippen molar-refractivity contribution >= 4 is 34.6 Å². The minimum absolute atomic E-state index is 0.0927. The minimum Gasteiger partial charge on any atom is -0.494 e. The molecule has 4 aromatic rings. The van der Waals surface area contributed by atoms with Gasteiger partial charge in [0.05, 0.1) is 31.1 Å². The van der Waals surface area contributed by atoms with Crippen LogP contribution in [0, 0.1) is 0 Å². The average molecular weight is 543 g/mol. The van der Waals surface area contributed by atoms with Gasteiger partial charge in [0, 0.05) is 29.9 Å². The molecule has 8 nitrogen and oxygen atoms in total. The molecule has 1 aliphatic heterocycles. The lowest BCUT2D eigenvalue weighted by Gasteiger charge is -2.27. The molecule has 2 aromatic carbocycles. The third kappa shape index (κ3) is 5.44. The predicted molar refractivity (Wildman–Crippen MR) is 155 cm³/mol. The van der Waals surface area contributed by atoms with Gasteiger partial charge < -0.3 is 29.4 Å². The number of rotatable bonds is 9. The van der Waals surface area contributed by atoms with Gasteiger partial charge in [0.2, 0.25) is 5.91 Å². The first-order valence-corrected chi connectivity index (χ1v) is 13.2. The number of carbonyl (C=O) groups excluding carboxylic acids is 1. The normalized spacial score (nSPS) is 16.6. The van der Waals surface area contributed by atoms with E-state index in [9.17, 15) is 4.79 Å². The summed E-state index contributed by atoms with van der Waals surface area (Å²) >= 11 is 5.84. The number of benzene rings is 2. The molecule has 5 rings (SSSR count). The maximum absolute atomic E-state index is 12.0. The van der Waals surface area contributed by atoms with Gasteiger partial charge in [-0.05, 0) is 79.8 Å². The summed E-state index contributed by atoms with van der Waals surface area (Å²) in [5.74, 6) is 2.72. The number of nitrogens with one attached hydrogen (secondary N) is 2. The molecule has 2 atom stereocenters. The highest BCUT2D eigenvalue weighted by molar-refractivity contribution is 7.80. The van der Waals surface area contributed by atoms with Crippen LogP contribution in [0.4, 0.5) is 11.4 Å². The van der Waals surface area contributed by atoms with Crippen LogP contribution in [0.1, 0.15) is 43.8 Å². The molecule has 1 amide bonds. The molecule has 0 radical (unpaired) electrons. The molecule has 0 unspecified atom stereocenters. The monoisotopic (exact) mass is 542 g/mol. The molecule has 0 aliphatic carbocycles. The van der Waals surface area contributed by atoms with Crippen molar-refractivity contribution in [1.29, 1.82) is 0 Å². The Labute approximate surface area is 233 Å². The van der Waals surface area contributed by atoms with Gasteiger partial charge >= 0.3 is 0 Å². The van der Waals surface area contributed by atoms with E-state index in [1.54, 1.807) is 20.2 Å². The van der Waals surface area contributed by atoms with Crippen molar-refractivity contribution in [3.05, 3.63) is 90.4 Å². The number of carbonyl (C=O) groups is 1. The first-order chi connectivity index (χ1) is 19.0. The zero-order chi connectivity index (χ0) is 27.4. The minimum atomic E-state index is -0.329. The van der Waals surface area contributed by atoms with Crippen LogP contribution in [-0.4, -0.2) is 29.7 Å². The number of furan rings is 1. The average Bonchev–Trinajstić information content (AvgIpc) is 3.59. The standard InChI is InChI=1S/C30H30N4O4S/c1-4-27(35)32-22-14-11-20(18-26(22)36-3)34-29(28(33-30(34)39)23-8-6-7-17-31-23)25-16-15-24(38-25)19-9-12-21(13-10-19)37-5-2/h6-18,28-29H,4-5H2,1-3H3,(H,32,35)(H,33,39)/t28-,29+/m1/s1. The number of nitrogens with zero attached hydrogens (tertiary/aromatic N) is 2. The van der Waals surface area contributed by atoms with Gasteiger partial charge in [-0.3, -0.25) is 9.78 Å². The van der Waals surface area contributed by atoms with Crippen LogP contribution < -0.4 is 25.0 Å². The van der Waals surface area contributed by atoms with Crippen LogP contribution in [0.15, 0.2) is 83.4 Å². The third-order valence-electron chi connectivity index (χ3n) is 6.52. The Bertz CT molecular complexity index is 1460. The smallest absolute Gasteiger partial charge is 0.224 e. The highest BCUT2D eigenvalue weighted by Gasteiger charge is 2.42. The second-order valence-corrected chi connectivity index (χ2v) is 9.33. The Kier molecular flexibility index (Phi) is 7.79. The summed E-state index contributed by atoms with van der Waals surface area (Å²) in [5.41, 5.74) is 3.17. The van der Waals surface area contributed by atoms with E-state index in [-0.39, 0.29) is 18.0 Å². The molecule has 2 N–H and O–H groups in total. The van der Waals surface area contributed by atoms with E-state index >= 15 is 0 Å². The van der Waals surface area contributed by atoms with Crippen molar-refractivity contribution in [3.8, 4) is 22.8 Å². The van der Waals surface area contributed by atoms with E-state index in [1.165, 1.54) is 0 Å². The van der Waals surface area contributed by atoms with Crippen molar-refractivity contribution in [2.45, 2.75) is 32.4 Å². The highest BCUT2D eigenvalue weighted by atomic mass is 32.1. The largest absolute Gasteiger partial charge is 0.494 e. The molecule has 1 saturated heterocycles. The summed E-state index contributed by atoms with van der Waals surface area (Å²) in [4.78, 5) is 18.6. The van der Waals surface area contributed by atoms with E-state index in [4.69, 9.17) is 26.1 Å². The number of ether oxygens (including phenoxy) is 2. The van der Waals surface area contributed by atoms with Gasteiger partial charge in [-0.2, -0.15) is 0 Å². The summed E-state index contributed by atoms with van der Waals surface area (Å²) in [6, 6.07) is 22.6. The summed E-state index contributed by atoms with van der Waals surface area (Å²) < 4.78 is 17.6. The van der Waals surface area contributed by atoms with Gasteiger partial charge in [-0.25, -0.2) is 0 Å². The topological polar surface area (TPSA) is 88.9 Å². The van der Waals surface area contributed by atoms with E-state index < -0.39 is 0 Å². The fourth-order valence-electron chi connectivity index (χ4n) is 4.64. The fourth-order valence-corrected chi connectivity index (χ4v) is 4.99. The van der Waals surface area contributed by atoms with Crippen LogP contribution in [0.25, 0.3) is 11.3 Å². The lowest BCUT2D eigenvalue weighted by molar-refractivity contribution is -0.115. The van der Waals surface area contributed by atoms with E-state index in [0.717, 1.165) is 34.2 Å². The molecule has 0 bridgehead atoms. The predicted octanol–water partition coefficient (Wildman–Crippen LogP) is 6.27. The summed E-state index contributed by atoms with van der Waals surface area (Å²) in [5, 5.41) is 6.85. The molecule has 0 spiro atoms. The summed E-state index contributed by atoms with van der Waals surface area (Å²) in [6.07, 6.45) is 2.13. The Morgan fingerprint density at radius 2 is 1.92 bits per heavy atom. The molecule has 1 aliphatic rings. The van der Waals surface area contributed by atoms with Crippen LogP contribution in [0.5, 0.6) is 11.5 Å². The van der Waals surface area contributed by atoms with Crippen LogP contribution in [0.2, 0.25) is 0 Å². The van der Waals surface area contributed by atoms with Gasteiger partial charge in [-0.1, -0.05) is 13.0 Å². The summed E-state index contributed by atoms with van der Waals surface area (Å²) in [7, 11) is 1.57. The quantitative estimate of drug-likeness (QED) is 0.239. The first-order valence-electron chi connectivity index (χ1n) is 12.8. The Morgan fingerprint density at radius 3 is 2.62 bits per heavy atom. The number of hydrogen-bond acceptors (Lipinski definition) is 6. The SMILES string of the molecule is CCOc1ccc(-c2ccc([C@H]3[C@@H](c4ccccn4)NC(=S)N3c3ccc(NC(=O)CC)c(OC)c3)o2)cc1. The van der Waals surface area contributed by atoms with Crippen molar-refractivity contribution in [1.82, 2.24) is 10.3 Å². The molecular formula is C30H30N4O4S. The van der Waals surface area contributed by atoms with Crippen molar-refractivity contribution < 1.29 is 18.7 Å². The maximum atomic E-state index is 12.0. The summed E-state index contributed by atoms with van der Waals surface area (Å²) in [6.45, 7) is 4.37. The molecule has 200 valence electrons. The van der Waals surface area contributed by atoms with Crippen LogP contribution >= 0.6 is 12.2 Å². The molecule has 39 heavy (non-hydrogen) atoms. The lowest BCUT2D eigenvalue weighted by Crippen LogP contribution is -2.29. The van der Waals surface area contributed by atoms with Crippen molar-refractivity contribution in [2.75, 3.05) is 23.9 Å². The Balaban J connectivity index is 1.54. The van der Waals surface area contributed by atoms with Crippen LogP contribution in [-0.2, 0) is 4.79 Å². The molecule has 9 heteroatoms. The van der Waals surface area contributed by atoms with Gasteiger partial charge in [-0.15, -0.1) is 0 Å². The van der Waals surface area contributed by atoms with Gasteiger partial charge in [0.1, 0.15) is 29.1 Å². The molecule has 3 heterocycles. The third-order valence-corrected chi connectivity index (χ3v) is 6.84. The molecular weight excluding hydrogens is 512 g/mol. The number of aromatic nitrogens is 1. The van der Waals surface area contributed by atoms with Crippen molar-refractivity contribution in [2.24, 2.45) is 0 Å². The zero-order valence-corrected chi connectivity index (χ0v) is 22.8. The van der Waals surface area contributed by atoms with E-state index in [1.807, 2.05) is 84.6 Å². The maximum Gasteiger partial charge on any atom is 0.224 e. The Morgan fingerprint density at radius 1 is 1.10 bits per heavy atom. The Hall–Kier alpha value is -4.37. The molecule has 2 aromatic heterocycles. The number of anilines is 2. The van der Waals surface area contributed by atoms with E-state index in [0.29, 0.717) is 29.6 Å². The second-order valence-electron chi connectivity index (χ2n) is 8.94. The number of methoxy groups -OCH3 is 1. The highest BCUT2D eigenvalue weighted by Crippen LogP contribution is 2.44. The van der Waals surface area contributed by atoms with E-state index in [2.05, 4.69) is 15.6 Å². The van der Waals surface area contributed by atoms with Gasteiger partial charge in [0.15, 0.2) is 5.11 Å². The van der Waals surface area contributed by atoms with Crippen LogP contribution in [0.3, 0.4) is 0 Å². The number of hydrogen-bond donors (Lipinski definition) is 2. The number of amides is 1. The zero-order valence-electron chi connectivity index (χ0n) is 22.0. The fraction of sp³-hybridized carbons (Fsp3) is 0.233. The second kappa shape index (κ2) is 11.6. The number of thiocarbonyl (C=S) groups is 1. The molecule has 0 saturated carbocycles. The first kappa shape index (κ1) is 26.2.